The largest absolute Gasteiger partial charge is 0.359 e. The molecule has 4 nitrogen and oxygen atoms in total. The Hall–Kier alpha value is -1.62. The number of amides is 1. The van der Waals surface area contributed by atoms with Crippen molar-refractivity contribution in [3.05, 3.63) is 29.6 Å². The van der Waals surface area contributed by atoms with Crippen LogP contribution in [0.5, 0.6) is 0 Å². The number of benzene rings is 1. The minimum atomic E-state index is -0.388. The average Bonchev–Trinajstić information content (AvgIpc) is 2.97. The molecule has 1 aromatic carbocycles. The van der Waals surface area contributed by atoms with Gasteiger partial charge < -0.3 is 4.74 Å². The minimum absolute atomic E-state index is 0.0320. The van der Waals surface area contributed by atoms with Crippen molar-refractivity contribution in [2.75, 3.05) is 5.43 Å². The molecule has 1 aromatic rings. The van der Waals surface area contributed by atoms with Gasteiger partial charge >= 0.3 is 0 Å². The smallest absolute Gasteiger partial charge is 0.270 e. The lowest BCUT2D eigenvalue weighted by Crippen LogP contribution is -2.34. The van der Waals surface area contributed by atoms with Gasteiger partial charge in [0, 0.05) is 0 Å². The van der Waals surface area contributed by atoms with E-state index < -0.39 is 0 Å². The third-order valence-corrected chi connectivity index (χ3v) is 2.49. The number of rotatable bonds is 3. The Bertz CT molecular complexity index is 422. The molecule has 1 amide bonds. The average molecular weight is 224 g/mol. The van der Waals surface area contributed by atoms with Crippen LogP contribution in [-0.2, 0) is 9.53 Å². The number of nitrogens with one attached hydrogen (secondary N) is 2. The van der Waals surface area contributed by atoms with Crippen molar-refractivity contribution in [2.45, 2.75) is 26.1 Å². The Kier molecular flexibility index (Phi) is 2.78. The highest BCUT2D eigenvalue weighted by Gasteiger charge is 2.41. The van der Waals surface area contributed by atoms with Crippen LogP contribution < -0.4 is 10.9 Å². The van der Waals surface area contributed by atoms with Gasteiger partial charge in [0.1, 0.15) is 5.82 Å². The number of anilines is 1. The van der Waals surface area contributed by atoms with E-state index in [0.717, 1.165) is 5.56 Å². The lowest BCUT2D eigenvalue weighted by Gasteiger charge is -2.09. The molecule has 5 heteroatoms. The number of hydrogen-bond acceptors (Lipinski definition) is 3. The lowest BCUT2D eigenvalue weighted by atomic mass is 10.2. The van der Waals surface area contributed by atoms with Crippen molar-refractivity contribution < 1.29 is 13.9 Å². The molecule has 0 spiro atoms. The van der Waals surface area contributed by atoms with Gasteiger partial charge in [-0.25, -0.2) is 4.39 Å². The van der Waals surface area contributed by atoms with E-state index in [-0.39, 0.29) is 23.9 Å². The zero-order chi connectivity index (χ0) is 11.7. The molecule has 2 N–H and O–H groups in total. The molecule has 1 aliphatic heterocycles. The summed E-state index contributed by atoms with van der Waals surface area (Å²) in [6.07, 6.45) is -0.420. The molecule has 0 unspecified atom stereocenters. The number of ether oxygens (including phenoxy) is 1. The summed E-state index contributed by atoms with van der Waals surface area (Å²) in [7, 11) is 0. The molecular formula is C11H13FN2O2. The van der Waals surface area contributed by atoms with E-state index in [9.17, 15) is 9.18 Å². The van der Waals surface area contributed by atoms with E-state index in [1.54, 1.807) is 6.07 Å². The number of halogens is 1. The third kappa shape index (κ3) is 2.30. The van der Waals surface area contributed by atoms with Gasteiger partial charge in [-0.3, -0.25) is 15.6 Å². The molecule has 1 heterocycles. The number of aryl methyl sites for hydroxylation is 1. The van der Waals surface area contributed by atoms with Gasteiger partial charge in [-0.2, -0.15) is 0 Å². The van der Waals surface area contributed by atoms with Gasteiger partial charge in [-0.1, -0.05) is 6.07 Å². The summed E-state index contributed by atoms with van der Waals surface area (Å²) in [4.78, 5) is 11.4. The summed E-state index contributed by atoms with van der Waals surface area (Å²) in [5, 5.41) is 0. The number of carbonyl (C=O) groups is 1. The molecular weight excluding hydrogens is 211 g/mol. The second-order valence-electron chi connectivity index (χ2n) is 3.84. The van der Waals surface area contributed by atoms with E-state index >= 15 is 0 Å². The maximum absolute atomic E-state index is 12.9. The highest BCUT2D eigenvalue weighted by molar-refractivity contribution is 5.84. The lowest BCUT2D eigenvalue weighted by molar-refractivity contribution is -0.121. The van der Waals surface area contributed by atoms with Crippen molar-refractivity contribution in [2.24, 2.45) is 0 Å². The Labute approximate surface area is 92.8 Å². The molecule has 0 aliphatic carbocycles. The maximum atomic E-state index is 12.9. The molecule has 0 saturated carbocycles. The van der Waals surface area contributed by atoms with E-state index in [2.05, 4.69) is 10.9 Å². The van der Waals surface area contributed by atoms with Crippen LogP contribution in [0.2, 0.25) is 0 Å². The predicted octanol–water partition coefficient (Wildman–Crippen LogP) is 1.36. The Morgan fingerprint density at radius 1 is 1.50 bits per heavy atom. The van der Waals surface area contributed by atoms with Gasteiger partial charge in [0.15, 0.2) is 6.10 Å². The van der Waals surface area contributed by atoms with Crippen LogP contribution in [0.1, 0.15) is 12.5 Å². The molecule has 1 fully saturated rings. The highest BCUT2D eigenvalue weighted by atomic mass is 19.1. The molecule has 1 saturated heterocycles. The fourth-order valence-corrected chi connectivity index (χ4v) is 1.39. The zero-order valence-corrected chi connectivity index (χ0v) is 9.08. The van der Waals surface area contributed by atoms with Crippen molar-refractivity contribution in [3.8, 4) is 0 Å². The molecule has 1 aliphatic rings. The maximum Gasteiger partial charge on any atom is 0.270 e. The highest BCUT2D eigenvalue weighted by Crippen LogP contribution is 2.21. The van der Waals surface area contributed by atoms with Gasteiger partial charge in [0.05, 0.1) is 11.8 Å². The number of hydrogen-bond donors (Lipinski definition) is 2. The molecule has 16 heavy (non-hydrogen) atoms. The molecule has 2 rings (SSSR count). The van der Waals surface area contributed by atoms with Gasteiger partial charge in [-0.15, -0.1) is 0 Å². The van der Waals surface area contributed by atoms with E-state index in [4.69, 9.17) is 4.74 Å². The Morgan fingerprint density at radius 3 is 2.81 bits per heavy atom. The standard InChI is InChI=1S/C11H13FN2O2/c1-6-3-4-8(12)5-9(6)13-14-11(15)10-7(2)16-10/h3-5,7,10,13H,1-2H3,(H,14,15)/t7-,10+/m0/s1. The molecule has 0 radical (unpaired) electrons. The summed E-state index contributed by atoms with van der Waals surface area (Å²) in [5.74, 6) is -0.588. The molecule has 0 aromatic heterocycles. The fourth-order valence-electron chi connectivity index (χ4n) is 1.39. The minimum Gasteiger partial charge on any atom is -0.359 e. The zero-order valence-electron chi connectivity index (χ0n) is 9.08. The third-order valence-electron chi connectivity index (χ3n) is 2.49. The summed E-state index contributed by atoms with van der Waals surface area (Å²) < 4.78 is 17.9. The predicted molar refractivity (Wildman–Crippen MR) is 57.2 cm³/mol. The summed E-state index contributed by atoms with van der Waals surface area (Å²) >= 11 is 0. The topological polar surface area (TPSA) is 53.7 Å². The quantitative estimate of drug-likeness (QED) is 0.602. The summed E-state index contributed by atoms with van der Waals surface area (Å²) in [6.45, 7) is 3.64. The second-order valence-corrected chi connectivity index (χ2v) is 3.84. The van der Waals surface area contributed by atoms with Crippen LogP contribution in [0.15, 0.2) is 18.2 Å². The SMILES string of the molecule is Cc1ccc(F)cc1NNC(=O)[C@@H]1O[C@H]1C. The van der Waals surface area contributed by atoms with Gasteiger partial charge in [0.2, 0.25) is 0 Å². The molecule has 0 bridgehead atoms. The molecule has 2 atom stereocenters. The van der Waals surface area contributed by atoms with E-state index in [1.807, 2.05) is 13.8 Å². The summed E-state index contributed by atoms with van der Waals surface area (Å²) in [5.41, 5.74) is 6.55. The second kappa shape index (κ2) is 4.09. The fraction of sp³-hybridized carbons (Fsp3) is 0.364. The van der Waals surface area contributed by atoms with Crippen LogP contribution in [0.25, 0.3) is 0 Å². The van der Waals surface area contributed by atoms with Crippen molar-refractivity contribution in [1.29, 1.82) is 0 Å². The van der Waals surface area contributed by atoms with E-state index in [1.165, 1.54) is 12.1 Å². The van der Waals surface area contributed by atoms with Crippen LogP contribution in [0.4, 0.5) is 10.1 Å². The Morgan fingerprint density at radius 2 is 2.19 bits per heavy atom. The normalized spacial score (nSPS) is 22.7. The van der Waals surface area contributed by atoms with Crippen molar-refractivity contribution in [1.82, 2.24) is 5.43 Å². The van der Waals surface area contributed by atoms with Crippen LogP contribution in [0.3, 0.4) is 0 Å². The first kappa shape index (κ1) is 10.9. The molecule has 86 valence electrons. The number of hydrazine groups is 1. The number of epoxide rings is 1. The van der Waals surface area contributed by atoms with Crippen LogP contribution >= 0.6 is 0 Å². The van der Waals surface area contributed by atoms with E-state index in [0.29, 0.717) is 5.69 Å². The summed E-state index contributed by atoms with van der Waals surface area (Å²) in [6, 6.07) is 4.33. The van der Waals surface area contributed by atoms with Crippen molar-refractivity contribution in [3.63, 3.8) is 0 Å². The monoisotopic (exact) mass is 224 g/mol. The first-order valence-electron chi connectivity index (χ1n) is 5.05. The first-order chi connectivity index (χ1) is 7.58. The Balaban J connectivity index is 1.94. The van der Waals surface area contributed by atoms with Gasteiger partial charge in [-0.05, 0) is 31.5 Å². The van der Waals surface area contributed by atoms with Crippen molar-refractivity contribution >= 4 is 11.6 Å². The van der Waals surface area contributed by atoms with Gasteiger partial charge in [0.25, 0.3) is 5.91 Å². The first-order valence-corrected chi connectivity index (χ1v) is 5.05. The van der Waals surface area contributed by atoms with Crippen LogP contribution in [-0.4, -0.2) is 18.1 Å². The van der Waals surface area contributed by atoms with Crippen LogP contribution in [0, 0.1) is 12.7 Å². The number of carbonyl (C=O) groups excluding carboxylic acids is 1.